The molecular weight excluding hydrogens is 372 g/mol. The first-order valence-electron chi connectivity index (χ1n) is 9.50. The quantitative estimate of drug-likeness (QED) is 0.727. The smallest absolute Gasteiger partial charge is 0.338 e. The average Bonchev–Trinajstić information content (AvgIpc) is 3.14. The Morgan fingerprint density at radius 3 is 2.55 bits per heavy atom. The number of benzene rings is 2. The van der Waals surface area contributed by atoms with Crippen LogP contribution >= 0.6 is 0 Å². The molecule has 1 N–H and O–H groups in total. The first kappa shape index (κ1) is 20.4. The van der Waals surface area contributed by atoms with Gasteiger partial charge in [0.15, 0.2) is 0 Å². The topological polar surface area (TPSA) is 84.9 Å². The van der Waals surface area contributed by atoms with Crippen LogP contribution in [0, 0.1) is 5.92 Å². The summed E-state index contributed by atoms with van der Waals surface area (Å²) in [5.74, 6) is -0.415. The Morgan fingerprint density at radius 1 is 1.14 bits per heavy atom. The molecule has 0 saturated carbocycles. The van der Waals surface area contributed by atoms with Gasteiger partial charge in [-0.05, 0) is 37.3 Å². The summed E-state index contributed by atoms with van der Waals surface area (Å²) in [6.07, 6.45) is 0.150. The van der Waals surface area contributed by atoms with Crippen LogP contribution in [0.5, 0.6) is 5.75 Å². The summed E-state index contributed by atoms with van der Waals surface area (Å²) in [5.41, 5.74) is 1.95. The summed E-state index contributed by atoms with van der Waals surface area (Å²) >= 11 is 0. The number of anilines is 1. The van der Waals surface area contributed by atoms with Gasteiger partial charge in [-0.15, -0.1) is 0 Å². The van der Waals surface area contributed by atoms with Gasteiger partial charge in [0.1, 0.15) is 5.75 Å². The highest BCUT2D eigenvalue weighted by molar-refractivity contribution is 6.00. The predicted molar refractivity (Wildman–Crippen MR) is 108 cm³/mol. The van der Waals surface area contributed by atoms with E-state index in [4.69, 9.17) is 9.47 Å². The number of nitrogens with one attached hydrogen (secondary N) is 1. The van der Waals surface area contributed by atoms with Gasteiger partial charge in [-0.2, -0.15) is 0 Å². The monoisotopic (exact) mass is 396 g/mol. The SMILES string of the molecule is CCOC(=O)c1ccc(N2CC(C(=O)NCc3ccccc3OC)CC2=O)cc1. The molecule has 2 aromatic rings. The van der Waals surface area contributed by atoms with E-state index >= 15 is 0 Å². The normalized spacial score (nSPS) is 15.9. The van der Waals surface area contributed by atoms with E-state index in [0.717, 1.165) is 5.56 Å². The zero-order chi connectivity index (χ0) is 20.8. The summed E-state index contributed by atoms with van der Waals surface area (Å²) in [6, 6.07) is 14.1. The summed E-state index contributed by atoms with van der Waals surface area (Å²) in [4.78, 5) is 38.3. The number of nitrogens with zero attached hydrogens (tertiary/aromatic N) is 1. The number of rotatable bonds is 7. The fourth-order valence-corrected chi connectivity index (χ4v) is 3.30. The maximum absolute atomic E-state index is 12.6. The highest BCUT2D eigenvalue weighted by atomic mass is 16.5. The van der Waals surface area contributed by atoms with Crippen molar-refractivity contribution in [3.05, 3.63) is 59.7 Å². The van der Waals surface area contributed by atoms with Crippen molar-refractivity contribution >= 4 is 23.5 Å². The number of methoxy groups -OCH3 is 1. The van der Waals surface area contributed by atoms with Gasteiger partial charge < -0.3 is 19.7 Å². The molecule has 2 aromatic carbocycles. The van der Waals surface area contributed by atoms with Gasteiger partial charge >= 0.3 is 5.97 Å². The Bertz CT molecular complexity index is 894. The molecule has 29 heavy (non-hydrogen) atoms. The van der Waals surface area contributed by atoms with E-state index in [-0.39, 0.29) is 18.2 Å². The molecule has 0 aromatic heterocycles. The van der Waals surface area contributed by atoms with Crippen molar-refractivity contribution in [2.24, 2.45) is 5.92 Å². The number of esters is 1. The first-order valence-corrected chi connectivity index (χ1v) is 9.50. The number of ether oxygens (including phenoxy) is 2. The lowest BCUT2D eigenvalue weighted by atomic mass is 10.1. The Labute approximate surface area is 169 Å². The lowest BCUT2D eigenvalue weighted by Crippen LogP contribution is -2.32. The van der Waals surface area contributed by atoms with Crippen LogP contribution in [0.2, 0.25) is 0 Å². The predicted octanol–water partition coefficient (Wildman–Crippen LogP) is 2.54. The minimum Gasteiger partial charge on any atom is -0.496 e. The molecule has 152 valence electrons. The maximum atomic E-state index is 12.6. The minimum absolute atomic E-state index is 0.119. The van der Waals surface area contributed by atoms with Crippen LogP contribution in [0.4, 0.5) is 5.69 Å². The van der Waals surface area contributed by atoms with Gasteiger partial charge in [-0.25, -0.2) is 4.79 Å². The molecular formula is C22H24N2O5. The number of para-hydroxylation sites is 1. The van der Waals surface area contributed by atoms with Crippen LogP contribution in [0.1, 0.15) is 29.3 Å². The fraction of sp³-hybridized carbons (Fsp3) is 0.318. The van der Waals surface area contributed by atoms with Crippen LogP contribution in [0.15, 0.2) is 48.5 Å². The number of amides is 2. The molecule has 0 bridgehead atoms. The molecule has 1 fully saturated rings. The molecule has 0 radical (unpaired) electrons. The van der Waals surface area contributed by atoms with Gasteiger partial charge in [-0.1, -0.05) is 18.2 Å². The van der Waals surface area contributed by atoms with Crippen LogP contribution in [-0.2, 0) is 20.9 Å². The molecule has 1 saturated heterocycles. The summed E-state index contributed by atoms with van der Waals surface area (Å²) in [6.45, 7) is 2.68. The number of hydrogen-bond donors (Lipinski definition) is 1. The molecule has 1 unspecified atom stereocenters. The molecule has 0 spiro atoms. The third-order valence-electron chi connectivity index (χ3n) is 4.83. The molecule has 1 atom stereocenters. The molecule has 0 aliphatic carbocycles. The molecule has 7 heteroatoms. The second-order valence-corrected chi connectivity index (χ2v) is 6.70. The third kappa shape index (κ3) is 4.74. The fourth-order valence-electron chi connectivity index (χ4n) is 3.30. The van der Waals surface area contributed by atoms with Crippen LogP contribution < -0.4 is 15.0 Å². The van der Waals surface area contributed by atoms with Crippen molar-refractivity contribution in [3.63, 3.8) is 0 Å². The van der Waals surface area contributed by atoms with E-state index in [1.165, 1.54) is 0 Å². The largest absolute Gasteiger partial charge is 0.496 e. The van der Waals surface area contributed by atoms with Gasteiger partial charge in [0.05, 0.1) is 25.2 Å². The van der Waals surface area contributed by atoms with Crippen molar-refractivity contribution in [2.45, 2.75) is 19.9 Å². The van der Waals surface area contributed by atoms with E-state index < -0.39 is 11.9 Å². The highest BCUT2D eigenvalue weighted by Gasteiger charge is 2.35. The Balaban J connectivity index is 1.60. The van der Waals surface area contributed by atoms with Crippen molar-refractivity contribution in [1.82, 2.24) is 5.32 Å². The Kier molecular flexibility index (Phi) is 6.49. The molecule has 1 aliphatic heterocycles. The minimum atomic E-state index is -0.429. The average molecular weight is 396 g/mol. The van der Waals surface area contributed by atoms with Gasteiger partial charge in [0.2, 0.25) is 11.8 Å². The van der Waals surface area contributed by atoms with Gasteiger partial charge in [0.25, 0.3) is 0 Å². The maximum Gasteiger partial charge on any atom is 0.338 e. The summed E-state index contributed by atoms with van der Waals surface area (Å²) < 4.78 is 10.3. The van der Waals surface area contributed by atoms with Gasteiger partial charge in [0, 0.05) is 30.8 Å². The number of carbonyl (C=O) groups excluding carboxylic acids is 3. The zero-order valence-corrected chi connectivity index (χ0v) is 16.5. The summed E-state index contributed by atoms with van der Waals surface area (Å²) in [5, 5.41) is 2.89. The van der Waals surface area contributed by atoms with Gasteiger partial charge in [-0.3, -0.25) is 9.59 Å². The van der Waals surface area contributed by atoms with E-state index in [2.05, 4.69) is 5.32 Å². The van der Waals surface area contributed by atoms with Crippen LogP contribution in [0.3, 0.4) is 0 Å². The van der Waals surface area contributed by atoms with Crippen molar-refractivity contribution in [2.75, 3.05) is 25.2 Å². The lowest BCUT2D eigenvalue weighted by Gasteiger charge is -2.17. The molecule has 2 amide bonds. The van der Waals surface area contributed by atoms with Crippen LogP contribution in [0.25, 0.3) is 0 Å². The first-order chi connectivity index (χ1) is 14.0. The van der Waals surface area contributed by atoms with Crippen molar-refractivity contribution in [1.29, 1.82) is 0 Å². The standard InChI is InChI=1S/C22H24N2O5/c1-3-29-22(27)15-8-10-18(11-9-15)24-14-17(12-20(24)25)21(26)23-13-16-6-4-5-7-19(16)28-2/h4-11,17H,3,12-14H2,1-2H3,(H,23,26). The van der Waals surface area contributed by atoms with Crippen molar-refractivity contribution < 1.29 is 23.9 Å². The molecule has 1 aliphatic rings. The highest BCUT2D eigenvalue weighted by Crippen LogP contribution is 2.26. The van der Waals surface area contributed by atoms with Crippen molar-refractivity contribution in [3.8, 4) is 5.75 Å². The third-order valence-corrected chi connectivity index (χ3v) is 4.83. The Hall–Kier alpha value is -3.35. The van der Waals surface area contributed by atoms with E-state index in [0.29, 0.717) is 36.7 Å². The summed E-state index contributed by atoms with van der Waals surface area (Å²) in [7, 11) is 1.58. The van der Waals surface area contributed by atoms with E-state index in [1.54, 1.807) is 43.2 Å². The second kappa shape index (κ2) is 9.23. The van der Waals surface area contributed by atoms with E-state index in [1.807, 2.05) is 24.3 Å². The molecule has 3 rings (SSSR count). The zero-order valence-electron chi connectivity index (χ0n) is 16.5. The number of carbonyl (C=O) groups is 3. The second-order valence-electron chi connectivity index (χ2n) is 6.70. The van der Waals surface area contributed by atoms with E-state index in [9.17, 15) is 14.4 Å². The van der Waals surface area contributed by atoms with Crippen LogP contribution in [-0.4, -0.2) is 38.0 Å². The molecule has 7 nitrogen and oxygen atoms in total. The lowest BCUT2D eigenvalue weighted by molar-refractivity contribution is -0.126. The molecule has 1 heterocycles. The Morgan fingerprint density at radius 2 is 1.86 bits per heavy atom. The number of hydrogen-bond acceptors (Lipinski definition) is 5.